The van der Waals surface area contributed by atoms with Crippen LogP contribution in [0.2, 0.25) is 0 Å². The van der Waals surface area contributed by atoms with Crippen LogP contribution >= 0.6 is 0 Å². The summed E-state index contributed by atoms with van der Waals surface area (Å²) >= 11 is 0. The van der Waals surface area contributed by atoms with Gasteiger partial charge in [0.15, 0.2) is 6.61 Å². The number of aromatic nitrogens is 3. The summed E-state index contributed by atoms with van der Waals surface area (Å²) in [5.74, 6) is -0.0899. The molecule has 6 nitrogen and oxygen atoms in total. The maximum atomic E-state index is 12.6. The van der Waals surface area contributed by atoms with E-state index in [0.29, 0.717) is 28.9 Å². The number of hydrogen-bond donors (Lipinski definition) is 1. The van der Waals surface area contributed by atoms with Gasteiger partial charge in [-0.15, -0.1) is 0 Å². The molecule has 160 valence electrons. The van der Waals surface area contributed by atoms with Crippen LogP contribution in [0.4, 0.5) is 13.2 Å². The van der Waals surface area contributed by atoms with Crippen LogP contribution in [0, 0.1) is 13.8 Å². The van der Waals surface area contributed by atoms with E-state index in [1.54, 1.807) is 19.3 Å². The lowest BCUT2D eigenvalue weighted by Gasteiger charge is -2.14. The quantitative estimate of drug-likeness (QED) is 0.623. The highest BCUT2D eigenvalue weighted by Gasteiger charge is 2.29. The summed E-state index contributed by atoms with van der Waals surface area (Å²) in [6, 6.07) is 3.33. The van der Waals surface area contributed by atoms with E-state index in [1.807, 2.05) is 24.5 Å². The number of rotatable bonds is 7. The van der Waals surface area contributed by atoms with Gasteiger partial charge in [-0.25, -0.2) is 0 Å². The molecule has 1 N–H and O–H groups in total. The van der Waals surface area contributed by atoms with Crippen LogP contribution in [0.3, 0.4) is 0 Å². The third-order valence-corrected chi connectivity index (χ3v) is 4.60. The zero-order chi connectivity index (χ0) is 21.9. The smallest absolute Gasteiger partial charge is 0.422 e. The molecule has 9 heteroatoms. The molecule has 3 aromatic heterocycles. The zero-order valence-corrected chi connectivity index (χ0v) is 17.0. The van der Waals surface area contributed by atoms with Gasteiger partial charge in [0.25, 0.3) is 5.91 Å². The molecule has 0 saturated carbocycles. The maximum absolute atomic E-state index is 12.6. The molecule has 0 aliphatic carbocycles. The number of nitrogens with zero attached hydrogens (tertiary/aromatic N) is 3. The van der Waals surface area contributed by atoms with Crippen molar-refractivity contribution >= 4 is 16.9 Å². The van der Waals surface area contributed by atoms with Crippen LogP contribution in [0.1, 0.15) is 40.5 Å². The first-order valence-electron chi connectivity index (χ1n) is 9.57. The largest absolute Gasteiger partial charge is 0.484 e. The van der Waals surface area contributed by atoms with E-state index in [-0.39, 0.29) is 18.2 Å². The normalized spacial score (nSPS) is 11.7. The minimum atomic E-state index is -4.42. The summed E-state index contributed by atoms with van der Waals surface area (Å²) in [4.78, 5) is 21.3. The van der Waals surface area contributed by atoms with Gasteiger partial charge in [-0.3, -0.25) is 14.8 Å². The lowest BCUT2D eigenvalue weighted by Crippen LogP contribution is -2.23. The summed E-state index contributed by atoms with van der Waals surface area (Å²) in [6.07, 6.45) is 1.20. The number of carbonyl (C=O) groups excluding carboxylic acids is 1. The molecule has 1 amide bonds. The van der Waals surface area contributed by atoms with Gasteiger partial charge in [-0.2, -0.15) is 13.2 Å². The molecule has 3 aromatic rings. The van der Waals surface area contributed by atoms with Gasteiger partial charge in [-0.1, -0.05) is 6.92 Å². The molecule has 30 heavy (non-hydrogen) atoms. The van der Waals surface area contributed by atoms with Crippen LogP contribution in [-0.4, -0.2) is 39.8 Å². The predicted molar refractivity (Wildman–Crippen MR) is 107 cm³/mol. The van der Waals surface area contributed by atoms with Crippen LogP contribution < -0.4 is 10.1 Å². The molecule has 0 fully saturated rings. The van der Waals surface area contributed by atoms with Crippen molar-refractivity contribution in [3.63, 3.8) is 0 Å². The molecular formula is C21H23F3N4O2. The lowest BCUT2D eigenvalue weighted by molar-refractivity contribution is -0.153. The molecule has 3 rings (SSSR count). The van der Waals surface area contributed by atoms with E-state index >= 15 is 0 Å². The Kier molecular flexibility index (Phi) is 6.28. The number of halogens is 3. The van der Waals surface area contributed by atoms with Crippen LogP contribution in [0.15, 0.2) is 30.7 Å². The fraction of sp³-hybridized carbons (Fsp3) is 0.381. The van der Waals surface area contributed by atoms with Crippen molar-refractivity contribution in [3.05, 3.63) is 53.1 Å². The second-order valence-electron chi connectivity index (χ2n) is 7.09. The first kappa shape index (κ1) is 21.6. The molecule has 0 aliphatic heterocycles. The van der Waals surface area contributed by atoms with E-state index in [4.69, 9.17) is 4.74 Å². The average molecular weight is 420 g/mol. The first-order valence-corrected chi connectivity index (χ1v) is 9.57. The topological polar surface area (TPSA) is 69.0 Å². The summed E-state index contributed by atoms with van der Waals surface area (Å²) < 4.78 is 44.3. The Balaban J connectivity index is 1.96. The predicted octanol–water partition coefficient (Wildman–Crippen LogP) is 4.18. The molecule has 0 atom stereocenters. The fourth-order valence-electron chi connectivity index (χ4n) is 3.09. The minimum absolute atomic E-state index is 0.129. The highest BCUT2D eigenvalue weighted by molar-refractivity contribution is 6.05. The molecule has 0 aliphatic rings. The van der Waals surface area contributed by atoms with Crippen molar-refractivity contribution < 1.29 is 22.7 Å². The van der Waals surface area contributed by atoms with Crippen molar-refractivity contribution in [2.75, 3.05) is 13.2 Å². The monoisotopic (exact) mass is 420 g/mol. The van der Waals surface area contributed by atoms with Gasteiger partial charge in [0.05, 0.1) is 23.3 Å². The zero-order valence-electron chi connectivity index (χ0n) is 17.0. The SMILES string of the molecule is CCCNC(=O)c1cn(Cc2nccc(OCC(F)(F)F)c2C)c2cc(C)cnc12. The number of nitrogens with one attached hydrogen (secondary N) is 1. The Morgan fingerprint density at radius 1 is 1.27 bits per heavy atom. The van der Waals surface area contributed by atoms with Crippen molar-refractivity contribution in [1.29, 1.82) is 0 Å². The van der Waals surface area contributed by atoms with Gasteiger partial charge < -0.3 is 14.6 Å². The third kappa shape index (κ3) is 4.90. The van der Waals surface area contributed by atoms with Crippen molar-refractivity contribution in [3.8, 4) is 5.75 Å². The first-order chi connectivity index (χ1) is 14.2. The maximum Gasteiger partial charge on any atom is 0.422 e. The highest BCUT2D eigenvalue weighted by atomic mass is 19.4. The molecule has 0 bridgehead atoms. The summed E-state index contributed by atoms with van der Waals surface area (Å²) in [5, 5.41) is 2.85. The molecular weight excluding hydrogens is 397 g/mol. The minimum Gasteiger partial charge on any atom is -0.484 e. The Bertz CT molecular complexity index is 1060. The van der Waals surface area contributed by atoms with Crippen molar-refractivity contribution in [2.24, 2.45) is 0 Å². The Labute approximate surface area is 172 Å². The van der Waals surface area contributed by atoms with Gasteiger partial charge >= 0.3 is 6.18 Å². The second-order valence-corrected chi connectivity index (χ2v) is 7.09. The van der Waals surface area contributed by atoms with Crippen LogP contribution in [-0.2, 0) is 6.54 Å². The Hall–Kier alpha value is -3.10. The van der Waals surface area contributed by atoms with E-state index in [2.05, 4.69) is 15.3 Å². The summed E-state index contributed by atoms with van der Waals surface area (Å²) in [7, 11) is 0. The molecule has 0 aromatic carbocycles. The van der Waals surface area contributed by atoms with Gasteiger partial charge in [0.1, 0.15) is 11.3 Å². The lowest BCUT2D eigenvalue weighted by atomic mass is 10.2. The van der Waals surface area contributed by atoms with Gasteiger partial charge in [0.2, 0.25) is 0 Å². The molecule has 0 spiro atoms. The average Bonchev–Trinajstić information content (AvgIpc) is 3.03. The molecule has 0 unspecified atom stereocenters. The van der Waals surface area contributed by atoms with E-state index in [9.17, 15) is 18.0 Å². The Morgan fingerprint density at radius 3 is 2.73 bits per heavy atom. The number of amides is 1. The number of alkyl halides is 3. The van der Waals surface area contributed by atoms with E-state index in [1.165, 1.54) is 12.3 Å². The standard InChI is InChI=1S/C21H23F3N4O2/c1-4-6-26-20(29)15-10-28(17-8-13(2)9-27-19(15)17)11-16-14(3)18(5-7-25-16)30-12-21(22,23)24/h5,7-10H,4,6,11-12H2,1-3H3,(H,26,29). The Morgan fingerprint density at radius 2 is 2.03 bits per heavy atom. The molecule has 3 heterocycles. The summed E-state index contributed by atoms with van der Waals surface area (Å²) in [5.41, 5.74) is 3.75. The van der Waals surface area contributed by atoms with Gasteiger partial charge in [-0.05, 0) is 38.0 Å². The van der Waals surface area contributed by atoms with Crippen LogP contribution in [0.25, 0.3) is 11.0 Å². The fourth-order valence-corrected chi connectivity index (χ4v) is 3.09. The number of aryl methyl sites for hydroxylation is 1. The third-order valence-electron chi connectivity index (χ3n) is 4.60. The van der Waals surface area contributed by atoms with E-state index in [0.717, 1.165) is 17.5 Å². The van der Waals surface area contributed by atoms with E-state index < -0.39 is 12.8 Å². The highest BCUT2D eigenvalue weighted by Crippen LogP contribution is 2.26. The van der Waals surface area contributed by atoms with Crippen molar-refractivity contribution in [2.45, 2.75) is 39.9 Å². The van der Waals surface area contributed by atoms with Gasteiger partial charge in [0, 0.05) is 30.7 Å². The number of ether oxygens (including phenoxy) is 1. The number of fused-ring (bicyclic) bond motifs is 1. The number of carbonyl (C=O) groups is 1. The van der Waals surface area contributed by atoms with Crippen molar-refractivity contribution in [1.82, 2.24) is 19.9 Å². The molecule has 0 radical (unpaired) electrons. The summed E-state index contributed by atoms with van der Waals surface area (Å²) in [6.45, 7) is 4.98. The molecule has 0 saturated heterocycles. The second kappa shape index (κ2) is 8.73. The van der Waals surface area contributed by atoms with Crippen LogP contribution in [0.5, 0.6) is 5.75 Å². The number of pyridine rings is 2. The number of hydrogen-bond acceptors (Lipinski definition) is 4.